The number of carbonyl (C=O) groups is 1. The highest BCUT2D eigenvalue weighted by molar-refractivity contribution is 5.95. The number of aliphatic carboxylic acids is 1. The molecule has 2 aromatic rings. The maximum Gasteiger partial charge on any atom is 0.303 e. The van der Waals surface area contributed by atoms with Crippen LogP contribution in [0.5, 0.6) is 0 Å². The maximum absolute atomic E-state index is 10.8. The number of guanidine groups is 1. The van der Waals surface area contributed by atoms with E-state index in [0.717, 1.165) is 35.2 Å². The summed E-state index contributed by atoms with van der Waals surface area (Å²) in [5.74, 6) is -0.332. The van der Waals surface area contributed by atoms with E-state index in [1.807, 2.05) is 42.6 Å². The van der Waals surface area contributed by atoms with Crippen LogP contribution in [-0.4, -0.2) is 28.1 Å². The van der Waals surface area contributed by atoms with Crippen LogP contribution in [0.15, 0.2) is 59.9 Å². The van der Waals surface area contributed by atoms with Gasteiger partial charge in [0.1, 0.15) is 0 Å². The number of nitrogens with zero attached hydrogens (tertiary/aromatic N) is 3. The molecule has 1 fully saturated rings. The number of anilines is 1. The van der Waals surface area contributed by atoms with Crippen molar-refractivity contribution in [3.05, 3.63) is 66.0 Å². The fourth-order valence-electron chi connectivity index (χ4n) is 3.69. The van der Waals surface area contributed by atoms with E-state index < -0.39 is 5.97 Å². The van der Waals surface area contributed by atoms with Gasteiger partial charge < -0.3 is 10.4 Å². The third-order valence-electron chi connectivity index (χ3n) is 5.16. The normalized spacial score (nSPS) is 14.8. The first kappa shape index (κ1) is 22.0. The van der Waals surface area contributed by atoms with Crippen molar-refractivity contribution in [2.75, 3.05) is 5.32 Å². The van der Waals surface area contributed by atoms with Gasteiger partial charge in [0, 0.05) is 30.1 Å². The Kier molecular flexibility index (Phi) is 8.18. The molecular weight excluding hydrogens is 390 g/mol. The van der Waals surface area contributed by atoms with Gasteiger partial charge in [-0.05, 0) is 55.0 Å². The lowest BCUT2D eigenvalue weighted by atomic mass is 9.97. The maximum atomic E-state index is 10.8. The van der Waals surface area contributed by atoms with Crippen LogP contribution < -0.4 is 10.6 Å². The molecule has 1 heterocycles. The fourth-order valence-corrected chi connectivity index (χ4v) is 3.69. The van der Waals surface area contributed by atoms with E-state index in [1.54, 1.807) is 12.4 Å². The van der Waals surface area contributed by atoms with Crippen molar-refractivity contribution in [3.8, 4) is 6.19 Å². The SMILES string of the molecule is N#CNC(=NC1CCCC1)Nc1cccc(/C(=C\CCCC(=O)O)c2cccnc2)c1. The summed E-state index contributed by atoms with van der Waals surface area (Å²) in [6.45, 7) is 0. The van der Waals surface area contributed by atoms with E-state index in [4.69, 9.17) is 10.4 Å². The van der Waals surface area contributed by atoms with Gasteiger partial charge in [-0.25, -0.2) is 4.99 Å². The second-order valence-corrected chi connectivity index (χ2v) is 7.50. The van der Waals surface area contributed by atoms with Gasteiger partial charge in [-0.3, -0.25) is 15.1 Å². The highest BCUT2D eigenvalue weighted by Gasteiger charge is 2.15. The van der Waals surface area contributed by atoms with Gasteiger partial charge in [-0.1, -0.05) is 37.1 Å². The lowest BCUT2D eigenvalue weighted by Crippen LogP contribution is -2.28. The third-order valence-corrected chi connectivity index (χ3v) is 5.16. The minimum absolute atomic E-state index is 0.138. The van der Waals surface area contributed by atoms with Gasteiger partial charge >= 0.3 is 5.97 Å². The summed E-state index contributed by atoms with van der Waals surface area (Å²) in [6.07, 6.45) is 13.3. The molecule has 3 rings (SSSR count). The Hall–Kier alpha value is -3.66. The first-order valence-electron chi connectivity index (χ1n) is 10.6. The van der Waals surface area contributed by atoms with Gasteiger partial charge in [0.25, 0.3) is 0 Å². The van der Waals surface area contributed by atoms with Crippen LogP contribution in [0.25, 0.3) is 5.57 Å². The molecule has 31 heavy (non-hydrogen) atoms. The molecule has 0 bridgehead atoms. The third kappa shape index (κ3) is 6.96. The minimum Gasteiger partial charge on any atom is -0.481 e. The Bertz CT molecular complexity index is 973. The second-order valence-electron chi connectivity index (χ2n) is 7.50. The molecule has 1 aromatic carbocycles. The molecule has 0 amide bonds. The lowest BCUT2D eigenvalue weighted by molar-refractivity contribution is -0.137. The molecule has 0 unspecified atom stereocenters. The molecule has 0 saturated heterocycles. The first-order chi connectivity index (χ1) is 15.2. The average molecular weight is 418 g/mol. The van der Waals surface area contributed by atoms with E-state index in [1.165, 1.54) is 12.8 Å². The van der Waals surface area contributed by atoms with E-state index in [2.05, 4.69) is 26.7 Å². The summed E-state index contributed by atoms with van der Waals surface area (Å²) in [5, 5.41) is 23.9. The number of benzene rings is 1. The van der Waals surface area contributed by atoms with Crippen LogP contribution in [0.3, 0.4) is 0 Å². The summed E-state index contributed by atoms with van der Waals surface area (Å²) < 4.78 is 0. The molecule has 1 aliphatic rings. The number of aromatic nitrogens is 1. The monoisotopic (exact) mass is 417 g/mol. The highest BCUT2D eigenvalue weighted by Crippen LogP contribution is 2.26. The molecule has 0 spiro atoms. The Morgan fingerprint density at radius 2 is 2.06 bits per heavy atom. The molecule has 3 N–H and O–H groups in total. The predicted molar refractivity (Wildman–Crippen MR) is 121 cm³/mol. The van der Waals surface area contributed by atoms with Crippen molar-refractivity contribution in [2.24, 2.45) is 4.99 Å². The standard InChI is InChI=1S/C24H27N5O2/c25-17-27-24(28-20-9-1-2-10-20)29-21-11-5-7-18(15-21)22(12-3-4-13-23(30)31)19-8-6-14-26-16-19/h5-8,11-12,14-16,20H,1-4,9-10,13H2,(H,30,31)(H2,27,28,29)/b22-12+. The van der Waals surface area contributed by atoms with Gasteiger partial charge in [-0.15, -0.1) is 0 Å². The van der Waals surface area contributed by atoms with Crippen molar-refractivity contribution in [1.29, 1.82) is 5.26 Å². The Balaban J connectivity index is 1.83. The zero-order valence-corrected chi connectivity index (χ0v) is 17.4. The van der Waals surface area contributed by atoms with Gasteiger partial charge in [0.15, 0.2) is 6.19 Å². The second kappa shape index (κ2) is 11.5. The number of allylic oxidation sites excluding steroid dienone is 1. The summed E-state index contributed by atoms with van der Waals surface area (Å²) in [5.41, 5.74) is 3.75. The summed E-state index contributed by atoms with van der Waals surface area (Å²) in [4.78, 5) is 19.7. The van der Waals surface area contributed by atoms with Crippen LogP contribution in [0, 0.1) is 11.5 Å². The van der Waals surface area contributed by atoms with Crippen LogP contribution in [0.2, 0.25) is 0 Å². The number of hydrogen-bond donors (Lipinski definition) is 3. The zero-order chi connectivity index (χ0) is 21.9. The number of pyridine rings is 1. The molecule has 160 valence electrons. The van der Waals surface area contributed by atoms with Gasteiger partial charge in [-0.2, -0.15) is 5.26 Å². The Morgan fingerprint density at radius 3 is 2.77 bits per heavy atom. The molecular formula is C24H27N5O2. The van der Waals surface area contributed by atoms with E-state index in [-0.39, 0.29) is 12.5 Å². The van der Waals surface area contributed by atoms with Crippen molar-refractivity contribution in [2.45, 2.75) is 51.0 Å². The number of unbranched alkanes of at least 4 members (excludes halogenated alkanes) is 1. The average Bonchev–Trinajstić information content (AvgIpc) is 3.27. The molecule has 7 heteroatoms. The number of aliphatic imine (C=N–C) groups is 1. The number of carboxylic acid groups (broad SMARTS) is 1. The molecule has 0 radical (unpaired) electrons. The van der Waals surface area contributed by atoms with E-state index >= 15 is 0 Å². The van der Waals surface area contributed by atoms with E-state index in [9.17, 15) is 4.79 Å². The number of nitriles is 1. The molecule has 0 aliphatic heterocycles. The van der Waals surface area contributed by atoms with Crippen LogP contribution >= 0.6 is 0 Å². The molecule has 1 aliphatic carbocycles. The van der Waals surface area contributed by atoms with Crippen LogP contribution in [-0.2, 0) is 4.79 Å². The molecule has 1 aromatic heterocycles. The van der Waals surface area contributed by atoms with Crippen molar-refractivity contribution in [1.82, 2.24) is 10.3 Å². The first-order valence-corrected chi connectivity index (χ1v) is 10.6. The van der Waals surface area contributed by atoms with Gasteiger partial charge in [0.2, 0.25) is 5.96 Å². The summed E-state index contributed by atoms with van der Waals surface area (Å²) in [7, 11) is 0. The van der Waals surface area contributed by atoms with Gasteiger partial charge in [0.05, 0.1) is 6.04 Å². The Labute approximate surface area is 182 Å². The largest absolute Gasteiger partial charge is 0.481 e. The number of nitrogens with one attached hydrogen (secondary N) is 2. The lowest BCUT2D eigenvalue weighted by Gasteiger charge is -2.13. The van der Waals surface area contributed by atoms with Crippen molar-refractivity contribution < 1.29 is 9.90 Å². The van der Waals surface area contributed by atoms with Crippen LogP contribution in [0.4, 0.5) is 5.69 Å². The minimum atomic E-state index is -0.790. The highest BCUT2D eigenvalue weighted by atomic mass is 16.4. The topological polar surface area (TPSA) is 110 Å². The molecule has 7 nitrogen and oxygen atoms in total. The molecule has 0 atom stereocenters. The Morgan fingerprint density at radius 1 is 1.26 bits per heavy atom. The summed E-state index contributed by atoms with van der Waals surface area (Å²) >= 11 is 0. The number of carboxylic acids is 1. The summed E-state index contributed by atoms with van der Waals surface area (Å²) in [6, 6.07) is 12.0. The van der Waals surface area contributed by atoms with Crippen molar-refractivity contribution in [3.63, 3.8) is 0 Å². The number of rotatable bonds is 8. The number of hydrogen-bond acceptors (Lipinski definition) is 4. The smallest absolute Gasteiger partial charge is 0.303 e. The zero-order valence-electron chi connectivity index (χ0n) is 17.4. The van der Waals surface area contributed by atoms with Crippen LogP contribution in [0.1, 0.15) is 56.1 Å². The fraction of sp³-hybridized carbons (Fsp3) is 0.333. The van der Waals surface area contributed by atoms with E-state index in [0.29, 0.717) is 18.8 Å². The predicted octanol–water partition coefficient (Wildman–Crippen LogP) is 4.55. The van der Waals surface area contributed by atoms with Crippen molar-refractivity contribution >= 4 is 23.2 Å². The quantitative estimate of drug-likeness (QED) is 0.191. The molecule has 1 saturated carbocycles.